The number of pyridine rings is 1. The van der Waals surface area contributed by atoms with E-state index in [4.69, 9.17) is 9.72 Å². The number of aromatic nitrogens is 1. The third-order valence-electron chi connectivity index (χ3n) is 8.10. The van der Waals surface area contributed by atoms with Crippen molar-refractivity contribution in [2.75, 3.05) is 16.8 Å². The number of nitrogens with zero attached hydrogens (tertiary/aromatic N) is 4. The predicted octanol–water partition coefficient (Wildman–Crippen LogP) is 11.0. The molecule has 0 bridgehead atoms. The zero-order valence-corrected chi connectivity index (χ0v) is 28.9. The van der Waals surface area contributed by atoms with Gasteiger partial charge in [-0.1, -0.05) is 76.7 Å². The standard InChI is InChI=1S/C39H25N4OS2.Pt/c1-41-19-20-42(25-41)33-24-28(23-32-30-14-6-7-15-35(30)45-38(32)33)44-34-22-27(21-31-29-13-5-8-16-36(29)46-39(31)34)43(26-11-3-2-4-12-26)37-17-9-10-18-40-37;/h2-21,23,25H,1H3;/q-3;. The van der Waals surface area contributed by atoms with E-state index in [9.17, 15) is 0 Å². The first kappa shape index (κ1) is 29.7. The van der Waals surface area contributed by atoms with Crippen molar-refractivity contribution in [1.82, 2.24) is 9.88 Å². The second-order valence-electron chi connectivity index (χ2n) is 11.1. The molecule has 0 saturated heterocycles. The van der Waals surface area contributed by atoms with Crippen LogP contribution in [0, 0.1) is 18.8 Å². The van der Waals surface area contributed by atoms with Crippen LogP contribution >= 0.6 is 22.7 Å². The number of benzene rings is 5. The molecule has 0 amide bonds. The summed E-state index contributed by atoms with van der Waals surface area (Å²) in [5.41, 5.74) is 2.79. The quantitative estimate of drug-likeness (QED) is 0.156. The van der Waals surface area contributed by atoms with Crippen molar-refractivity contribution < 1.29 is 25.8 Å². The third-order valence-corrected chi connectivity index (χ3v) is 10.5. The van der Waals surface area contributed by atoms with Crippen molar-refractivity contribution in [2.45, 2.75) is 0 Å². The van der Waals surface area contributed by atoms with E-state index in [1.807, 2.05) is 60.7 Å². The Morgan fingerprint density at radius 2 is 1.40 bits per heavy atom. The molecule has 4 heterocycles. The van der Waals surface area contributed by atoms with E-state index in [1.54, 1.807) is 22.7 Å². The van der Waals surface area contributed by atoms with Crippen LogP contribution in [0.15, 0.2) is 128 Å². The summed E-state index contributed by atoms with van der Waals surface area (Å²) in [7, 11) is 2.03. The molecule has 232 valence electrons. The van der Waals surface area contributed by atoms with Gasteiger partial charge in [0.15, 0.2) is 0 Å². The zero-order chi connectivity index (χ0) is 30.6. The smallest absolute Gasteiger partial charge is 0.135 e. The number of hydrogen-bond acceptors (Lipinski definition) is 7. The largest absolute Gasteiger partial charge is 0.510 e. The maximum atomic E-state index is 6.92. The Morgan fingerprint density at radius 3 is 2.11 bits per heavy atom. The van der Waals surface area contributed by atoms with Gasteiger partial charge in [-0.05, 0) is 71.3 Å². The van der Waals surface area contributed by atoms with E-state index in [-0.39, 0.29) is 21.1 Å². The van der Waals surface area contributed by atoms with E-state index in [0.717, 1.165) is 38.4 Å². The van der Waals surface area contributed by atoms with E-state index >= 15 is 0 Å². The molecule has 0 spiro atoms. The number of rotatable bonds is 6. The van der Waals surface area contributed by atoms with Crippen LogP contribution in [0.2, 0.25) is 0 Å². The van der Waals surface area contributed by atoms with Crippen LogP contribution in [-0.2, 0) is 21.1 Å². The monoisotopic (exact) mass is 824 g/mol. The van der Waals surface area contributed by atoms with Gasteiger partial charge in [-0.15, -0.1) is 35.0 Å². The molecule has 8 heteroatoms. The van der Waals surface area contributed by atoms with Crippen LogP contribution in [0.4, 0.5) is 22.9 Å². The molecule has 0 atom stereocenters. The Kier molecular flexibility index (Phi) is 7.69. The van der Waals surface area contributed by atoms with Crippen LogP contribution in [-0.4, -0.2) is 16.9 Å². The minimum atomic E-state index is 0. The van der Waals surface area contributed by atoms with E-state index in [0.29, 0.717) is 11.5 Å². The summed E-state index contributed by atoms with van der Waals surface area (Å²) in [5, 5.41) is 4.64. The van der Waals surface area contributed by atoms with Crippen molar-refractivity contribution >= 4 is 85.9 Å². The van der Waals surface area contributed by atoms with Crippen LogP contribution in [0.5, 0.6) is 11.5 Å². The van der Waals surface area contributed by atoms with Crippen LogP contribution in [0.1, 0.15) is 0 Å². The number of anilines is 4. The molecule has 0 N–H and O–H groups in total. The van der Waals surface area contributed by atoms with Crippen LogP contribution < -0.4 is 14.5 Å². The molecule has 9 rings (SSSR count). The van der Waals surface area contributed by atoms with Gasteiger partial charge >= 0.3 is 0 Å². The van der Waals surface area contributed by atoms with Gasteiger partial charge < -0.3 is 19.4 Å². The zero-order valence-electron chi connectivity index (χ0n) is 25.0. The van der Waals surface area contributed by atoms with Crippen molar-refractivity contribution in [2.24, 2.45) is 0 Å². The molecular formula is C39H25N4OPtS2-3. The average molecular weight is 825 g/mol. The fraction of sp³-hybridized carbons (Fsp3) is 0.0256. The Labute approximate surface area is 294 Å². The molecule has 0 aliphatic carbocycles. The normalized spacial score (nSPS) is 12.8. The number of thiophene rings is 2. The molecule has 0 unspecified atom stereocenters. The summed E-state index contributed by atoms with van der Waals surface area (Å²) >= 11 is 3.50. The molecule has 5 nitrogen and oxygen atoms in total. The Hall–Kier alpha value is -4.68. The number of hydrogen-bond donors (Lipinski definition) is 0. The van der Waals surface area contributed by atoms with Gasteiger partial charge in [0.25, 0.3) is 0 Å². The molecule has 0 fully saturated rings. The molecule has 5 aromatic carbocycles. The summed E-state index contributed by atoms with van der Waals surface area (Å²) in [4.78, 5) is 11.0. The molecule has 0 radical (unpaired) electrons. The van der Waals surface area contributed by atoms with Crippen LogP contribution in [0.25, 0.3) is 40.3 Å². The second-order valence-corrected chi connectivity index (χ2v) is 13.2. The average Bonchev–Trinajstić information content (AvgIpc) is 3.81. The molecule has 8 aromatic rings. The SMILES string of the molecule is CN1C=CN(c2[c-]c(Oc3[c-]c(N(c4ccccc4)c4ccccn4)cc4c3sc3ccccc34)cc3c2sc2ccccc23)[CH-]1.[Pt]. The first-order valence-corrected chi connectivity index (χ1v) is 16.6. The topological polar surface area (TPSA) is 31.8 Å². The summed E-state index contributed by atoms with van der Waals surface area (Å²) in [6.07, 6.45) is 5.91. The van der Waals surface area contributed by atoms with Gasteiger partial charge in [0, 0.05) is 53.8 Å². The molecular weight excluding hydrogens is 800 g/mol. The van der Waals surface area contributed by atoms with Crippen molar-refractivity contribution in [3.63, 3.8) is 0 Å². The van der Waals surface area contributed by atoms with Crippen molar-refractivity contribution in [3.05, 3.63) is 147 Å². The van der Waals surface area contributed by atoms with Gasteiger partial charge in [0.1, 0.15) is 5.82 Å². The molecule has 1 aliphatic rings. The third kappa shape index (κ3) is 5.25. The van der Waals surface area contributed by atoms with Gasteiger partial charge in [-0.3, -0.25) is 0 Å². The fourth-order valence-corrected chi connectivity index (χ4v) is 8.33. The molecule has 0 saturated carbocycles. The van der Waals surface area contributed by atoms with Gasteiger partial charge in [0.2, 0.25) is 0 Å². The van der Waals surface area contributed by atoms with Crippen LogP contribution in [0.3, 0.4) is 0 Å². The molecule has 3 aromatic heterocycles. The van der Waals surface area contributed by atoms with Crippen molar-refractivity contribution in [1.29, 1.82) is 0 Å². The minimum absolute atomic E-state index is 0. The van der Waals surface area contributed by atoms with Gasteiger partial charge in [-0.2, -0.15) is 6.67 Å². The summed E-state index contributed by atoms with van der Waals surface area (Å²) in [6, 6.07) is 44.9. The number of para-hydroxylation sites is 1. The summed E-state index contributed by atoms with van der Waals surface area (Å²) in [6.45, 7) is 2.06. The first-order valence-electron chi connectivity index (χ1n) is 14.9. The molecule has 47 heavy (non-hydrogen) atoms. The minimum Gasteiger partial charge on any atom is -0.510 e. The second kappa shape index (κ2) is 12.2. The maximum Gasteiger partial charge on any atom is 0.135 e. The molecule has 1 aliphatic heterocycles. The fourth-order valence-electron chi connectivity index (χ4n) is 6.03. The summed E-state index contributed by atoms with van der Waals surface area (Å²) in [5.74, 6) is 2.10. The van der Waals surface area contributed by atoms with E-state index in [2.05, 4.69) is 108 Å². The Balaban J connectivity index is 0.00000324. The van der Waals surface area contributed by atoms with E-state index < -0.39 is 0 Å². The van der Waals surface area contributed by atoms with Gasteiger partial charge in [-0.25, -0.2) is 27.7 Å². The Morgan fingerprint density at radius 1 is 0.723 bits per heavy atom. The van der Waals surface area contributed by atoms with E-state index in [1.165, 1.54) is 24.9 Å². The maximum absolute atomic E-state index is 6.92. The Bertz CT molecular complexity index is 2380. The van der Waals surface area contributed by atoms with Gasteiger partial charge in [0.05, 0.1) is 0 Å². The van der Waals surface area contributed by atoms with Crippen molar-refractivity contribution in [3.8, 4) is 11.5 Å². The predicted molar refractivity (Wildman–Crippen MR) is 193 cm³/mol. The number of ether oxygens (including phenoxy) is 1. The first-order chi connectivity index (χ1) is 22.7. The number of fused-ring (bicyclic) bond motifs is 6. The summed E-state index contributed by atoms with van der Waals surface area (Å²) < 4.78 is 11.5.